The Balaban J connectivity index is 1.48. The average Bonchev–Trinajstić information content (AvgIpc) is 3.35. The number of nitrogens with zero attached hydrogens (tertiary/aromatic N) is 3. The van der Waals surface area contributed by atoms with E-state index < -0.39 is 5.97 Å². The van der Waals surface area contributed by atoms with Crippen molar-refractivity contribution in [3.05, 3.63) is 60.4 Å². The lowest BCUT2D eigenvalue weighted by Gasteiger charge is -2.36. The second kappa shape index (κ2) is 6.61. The first-order chi connectivity index (χ1) is 13.7. The van der Waals surface area contributed by atoms with E-state index in [9.17, 15) is 4.79 Å². The van der Waals surface area contributed by atoms with Gasteiger partial charge in [-0.15, -0.1) is 0 Å². The lowest BCUT2D eigenvalue weighted by atomic mass is 9.95. The number of aliphatic carboxylic acids is 1. The van der Waals surface area contributed by atoms with Crippen molar-refractivity contribution in [2.24, 2.45) is 5.92 Å². The molecule has 0 unspecified atom stereocenters. The number of likely N-dealkylation sites (tertiary alicyclic amines) is 1. The van der Waals surface area contributed by atoms with Crippen LogP contribution in [0.5, 0.6) is 0 Å². The zero-order valence-corrected chi connectivity index (χ0v) is 14.9. The number of carboxylic acid groups (broad SMARTS) is 1. The molecule has 1 saturated heterocycles. The van der Waals surface area contributed by atoms with Crippen molar-refractivity contribution in [3.63, 3.8) is 0 Å². The first kappa shape index (κ1) is 16.7. The molecule has 0 amide bonds. The Hall–Kier alpha value is -3.45. The zero-order valence-electron chi connectivity index (χ0n) is 14.9. The minimum atomic E-state index is -0.721. The number of carboxylic acids is 1. The van der Waals surface area contributed by atoms with Crippen LogP contribution in [0.3, 0.4) is 0 Å². The molecule has 0 saturated carbocycles. The highest BCUT2D eigenvalue weighted by Gasteiger charge is 2.32. The smallest absolute Gasteiger partial charge is 0.309 e. The van der Waals surface area contributed by atoms with Crippen LogP contribution >= 0.6 is 0 Å². The van der Waals surface area contributed by atoms with Crippen LogP contribution in [0.2, 0.25) is 0 Å². The third-order valence-electron chi connectivity index (χ3n) is 5.11. The van der Waals surface area contributed by atoms with Gasteiger partial charge in [-0.05, 0) is 28.5 Å². The Labute approximate surface area is 160 Å². The number of benzene rings is 2. The van der Waals surface area contributed by atoms with Gasteiger partial charge in [0, 0.05) is 25.2 Å². The normalized spacial score (nSPS) is 15.0. The lowest BCUT2D eigenvalue weighted by Crippen LogP contribution is -2.49. The van der Waals surface area contributed by atoms with Gasteiger partial charge < -0.3 is 14.0 Å². The number of carbonyl (C=O) groups is 1. The Morgan fingerprint density at radius 2 is 1.93 bits per heavy atom. The van der Waals surface area contributed by atoms with Crippen molar-refractivity contribution in [1.29, 1.82) is 0 Å². The molecule has 0 bridgehead atoms. The van der Waals surface area contributed by atoms with E-state index in [1.54, 1.807) is 18.4 Å². The van der Waals surface area contributed by atoms with E-state index in [4.69, 9.17) is 14.0 Å². The molecule has 0 atom stereocenters. The number of furan rings is 1. The summed E-state index contributed by atoms with van der Waals surface area (Å²) in [4.78, 5) is 17.6. The highest BCUT2D eigenvalue weighted by molar-refractivity contribution is 5.97. The van der Waals surface area contributed by atoms with E-state index in [2.05, 4.69) is 27.2 Å². The van der Waals surface area contributed by atoms with Gasteiger partial charge in [-0.2, -0.15) is 4.98 Å². The molecule has 0 radical (unpaired) electrons. The van der Waals surface area contributed by atoms with Crippen LogP contribution in [0, 0.1) is 5.92 Å². The molecular formula is C21H17N3O4. The lowest BCUT2D eigenvalue weighted by molar-refractivity contribution is -0.147. The van der Waals surface area contributed by atoms with Gasteiger partial charge >= 0.3 is 5.97 Å². The maximum atomic E-state index is 11.0. The summed E-state index contributed by atoms with van der Waals surface area (Å²) < 4.78 is 10.7. The fourth-order valence-corrected chi connectivity index (χ4v) is 3.62. The fraction of sp³-hybridized carbons (Fsp3) is 0.190. The molecule has 28 heavy (non-hydrogen) atoms. The van der Waals surface area contributed by atoms with Gasteiger partial charge in [0.1, 0.15) is 0 Å². The number of hydrogen-bond acceptors (Lipinski definition) is 6. The number of fused-ring (bicyclic) bond motifs is 1. The topological polar surface area (TPSA) is 92.6 Å². The standard InChI is InChI=1S/C21H17N3O4/c25-21(26)14-11-24(12-14)10-13-7-8-17(16-5-2-1-4-15(13)16)19-22-20(28-23-19)18-6-3-9-27-18/h1-9,14H,10-12H2,(H,25,26). The van der Waals surface area contributed by atoms with Gasteiger partial charge in [0.15, 0.2) is 5.76 Å². The van der Waals surface area contributed by atoms with Crippen LogP contribution in [-0.4, -0.2) is 39.2 Å². The zero-order chi connectivity index (χ0) is 19.1. The van der Waals surface area contributed by atoms with Crippen molar-refractivity contribution < 1.29 is 18.8 Å². The third kappa shape index (κ3) is 2.86. The Bertz CT molecular complexity index is 1140. The second-order valence-electron chi connectivity index (χ2n) is 6.95. The maximum absolute atomic E-state index is 11.0. The molecule has 1 fully saturated rings. The van der Waals surface area contributed by atoms with Crippen molar-refractivity contribution in [2.75, 3.05) is 13.1 Å². The van der Waals surface area contributed by atoms with Gasteiger partial charge in [0.25, 0.3) is 5.89 Å². The van der Waals surface area contributed by atoms with E-state index >= 15 is 0 Å². The molecule has 4 aromatic rings. The van der Waals surface area contributed by atoms with Crippen molar-refractivity contribution >= 4 is 16.7 Å². The van der Waals surface area contributed by atoms with Crippen LogP contribution < -0.4 is 0 Å². The predicted octanol–water partition coefficient (Wildman–Crippen LogP) is 3.67. The summed E-state index contributed by atoms with van der Waals surface area (Å²) in [6.07, 6.45) is 1.56. The maximum Gasteiger partial charge on any atom is 0.309 e. The summed E-state index contributed by atoms with van der Waals surface area (Å²) in [7, 11) is 0. The van der Waals surface area contributed by atoms with E-state index in [0.717, 1.165) is 21.9 Å². The molecule has 140 valence electrons. The quantitative estimate of drug-likeness (QED) is 0.569. The van der Waals surface area contributed by atoms with E-state index in [-0.39, 0.29) is 5.92 Å². The molecule has 1 aliphatic heterocycles. The molecule has 3 heterocycles. The van der Waals surface area contributed by atoms with Gasteiger partial charge in [-0.25, -0.2) is 0 Å². The van der Waals surface area contributed by atoms with E-state index in [1.165, 1.54) is 0 Å². The Morgan fingerprint density at radius 3 is 2.68 bits per heavy atom. The highest BCUT2D eigenvalue weighted by atomic mass is 16.5. The summed E-state index contributed by atoms with van der Waals surface area (Å²) in [5, 5.41) is 15.3. The third-order valence-corrected chi connectivity index (χ3v) is 5.11. The molecule has 0 aliphatic carbocycles. The summed E-state index contributed by atoms with van der Waals surface area (Å²) in [6.45, 7) is 1.89. The first-order valence-electron chi connectivity index (χ1n) is 9.03. The monoisotopic (exact) mass is 375 g/mol. The Kier molecular flexibility index (Phi) is 3.95. The largest absolute Gasteiger partial charge is 0.481 e. The van der Waals surface area contributed by atoms with Crippen LogP contribution in [-0.2, 0) is 11.3 Å². The van der Waals surface area contributed by atoms with Gasteiger partial charge in [-0.1, -0.05) is 41.6 Å². The molecule has 5 rings (SSSR count). The average molecular weight is 375 g/mol. The summed E-state index contributed by atoms with van der Waals surface area (Å²) >= 11 is 0. The highest BCUT2D eigenvalue weighted by Crippen LogP contribution is 2.32. The van der Waals surface area contributed by atoms with Crippen molar-refractivity contribution in [2.45, 2.75) is 6.54 Å². The number of aromatic nitrogens is 2. The first-order valence-corrected chi connectivity index (χ1v) is 9.03. The summed E-state index contributed by atoms with van der Waals surface area (Å²) in [6, 6.07) is 15.7. The van der Waals surface area contributed by atoms with Crippen LogP contribution in [0.4, 0.5) is 0 Å². The second-order valence-corrected chi connectivity index (χ2v) is 6.95. The van der Waals surface area contributed by atoms with Gasteiger partial charge in [-0.3, -0.25) is 9.69 Å². The molecule has 1 aliphatic rings. The molecule has 7 heteroatoms. The van der Waals surface area contributed by atoms with Gasteiger partial charge in [0.05, 0.1) is 12.2 Å². The minimum absolute atomic E-state index is 0.259. The predicted molar refractivity (Wildman–Crippen MR) is 101 cm³/mol. The number of rotatable bonds is 5. The van der Waals surface area contributed by atoms with Crippen LogP contribution in [0.1, 0.15) is 5.56 Å². The molecule has 2 aromatic heterocycles. The Morgan fingerprint density at radius 1 is 1.11 bits per heavy atom. The van der Waals surface area contributed by atoms with E-state index in [0.29, 0.717) is 37.1 Å². The van der Waals surface area contributed by atoms with Crippen LogP contribution in [0.15, 0.2) is 63.7 Å². The molecule has 7 nitrogen and oxygen atoms in total. The van der Waals surface area contributed by atoms with Gasteiger partial charge in [0.2, 0.25) is 5.82 Å². The fourth-order valence-electron chi connectivity index (χ4n) is 3.62. The van der Waals surface area contributed by atoms with Crippen molar-refractivity contribution in [1.82, 2.24) is 15.0 Å². The van der Waals surface area contributed by atoms with Crippen molar-refractivity contribution in [3.8, 4) is 23.0 Å². The number of hydrogen-bond donors (Lipinski definition) is 1. The minimum Gasteiger partial charge on any atom is -0.481 e. The SMILES string of the molecule is O=C(O)C1CN(Cc2ccc(-c3noc(-c4ccco4)n3)c3ccccc23)C1. The molecule has 0 spiro atoms. The molecule has 2 aromatic carbocycles. The molecular weight excluding hydrogens is 358 g/mol. The van der Waals surface area contributed by atoms with Crippen LogP contribution in [0.25, 0.3) is 33.8 Å². The molecule has 1 N–H and O–H groups in total. The summed E-state index contributed by atoms with van der Waals surface area (Å²) in [5.74, 6) is 0.397. The van der Waals surface area contributed by atoms with E-state index in [1.807, 2.05) is 24.3 Å². The summed E-state index contributed by atoms with van der Waals surface area (Å²) in [5.41, 5.74) is 2.03.